The molecule has 0 bridgehead atoms. The Morgan fingerprint density at radius 1 is 0.625 bits per heavy atom. The van der Waals surface area contributed by atoms with Crippen molar-refractivity contribution >= 4 is 6.03 Å². The maximum Gasteiger partial charge on any atom is 0.315 e. The van der Waals surface area contributed by atoms with Gasteiger partial charge in [0.15, 0.2) is 0 Å². The zero-order valence-corrected chi connectivity index (χ0v) is 20.8. The summed E-state index contributed by atoms with van der Waals surface area (Å²) in [6, 6.07) is 6.77. The number of hydrogen-bond donors (Lipinski definition) is 3. The lowest BCUT2D eigenvalue weighted by atomic mass is 10.0. The Kier molecular flexibility index (Phi) is 18.7. The van der Waals surface area contributed by atoms with Gasteiger partial charge in [-0.25, -0.2) is 4.79 Å². The molecule has 0 unspecified atom stereocenters. The molecule has 4 nitrogen and oxygen atoms in total. The van der Waals surface area contributed by atoms with Crippen LogP contribution in [0.4, 0.5) is 4.79 Å². The summed E-state index contributed by atoms with van der Waals surface area (Å²) in [5.41, 5.74) is 0.978. The summed E-state index contributed by atoms with van der Waals surface area (Å²) in [6.45, 7) is 3.50. The van der Waals surface area contributed by atoms with Crippen molar-refractivity contribution < 1.29 is 9.90 Å². The predicted molar refractivity (Wildman–Crippen MR) is 137 cm³/mol. The molecule has 0 heterocycles. The van der Waals surface area contributed by atoms with Crippen LogP contribution >= 0.6 is 0 Å². The molecule has 0 saturated carbocycles. The number of hydrogen-bond acceptors (Lipinski definition) is 2. The van der Waals surface area contributed by atoms with Crippen LogP contribution < -0.4 is 10.6 Å². The molecule has 0 atom stereocenters. The number of aromatic hydroxyl groups is 1. The highest BCUT2D eigenvalue weighted by atomic mass is 16.3. The number of rotatable bonds is 21. The smallest absolute Gasteiger partial charge is 0.315 e. The van der Waals surface area contributed by atoms with Crippen molar-refractivity contribution in [2.45, 2.75) is 129 Å². The molecular formula is C28H50N2O2. The van der Waals surface area contributed by atoms with Crippen LogP contribution in [0.1, 0.15) is 128 Å². The fourth-order valence-electron chi connectivity index (χ4n) is 4.09. The van der Waals surface area contributed by atoms with Crippen molar-refractivity contribution in [2.75, 3.05) is 6.54 Å². The minimum Gasteiger partial charge on any atom is -0.508 e. The van der Waals surface area contributed by atoms with E-state index in [1.165, 1.54) is 109 Å². The third kappa shape index (κ3) is 17.9. The van der Waals surface area contributed by atoms with Crippen molar-refractivity contribution in [1.82, 2.24) is 10.6 Å². The number of amides is 2. The van der Waals surface area contributed by atoms with E-state index in [0.717, 1.165) is 18.5 Å². The van der Waals surface area contributed by atoms with Crippen LogP contribution in [0.5, 0.6) is 5.75 Å². The van der Waals surface area contributed by atoms with Crippen LogP contribution in [0.2, 0.25) is 0 Å². The van der Waals surface area contributed by atoms with Crippen molar-refractivity contribution in [3.05, 3.63) is 29.8 Å². The fourth-order valence-corrected chi connectivity index (χ4v) is 4.09. The molecule has 1 aromatic carbocycles. The number of phenolic OH excluding ortho intramolecular Hbond substituents is 1. The minimum atomic E-state index is -0.120. The third-order valence-corrected chi connectivity index (χ3v) is 6.21. The van der Waals surface area contributed by atoms with Gasteiger partial charge in [0.2, 0.25) is 0 Å². The summed E-state index contributed by atoms with van der Waals surface area (Å²) in [5.74, 6) is 0.243. The lowest BCUT2D eigenvalue weighted by molar-refractivity contribution is 0.240. The molecule has 184 valence electrons. The Balaban J connectivity index is 1.74. The van der Waals surface area contributed by atoms with Crippen molar-refractivity contribution in [3.63, 3.8) is 0 Å². The van der Waals surface area contributed by atoms with Gasteiger partial charge in [0, 0.05) is 13.1 Å². The molecule has 0 aliphatic rings. The number of carbonyl (C=O) groups excluding carboxylic acids is 1. The van der Waals surface area contributed by atoms with Gasteiger partial charge in [0.05, 0.1) is 0 Å². The number of phenols is 1. The standard InChI is InChI=1S/C28H50N2O2/c1-2-3-4-5-6-7-8-9-10-11-12-13-14-15-16-17-18-19-24-29-28(32)30-25-26-20-22-27(31)23-21-26/h20-23,31H,2-19,24-25H2,1H3,(H2,29,30,32). The highest BCUT2D eigenvalue weighted by Gasteiger charge is 2.00. The summed E-state index contributed by atoms with van der Waals surface area (Å²) >= 11 is 0. The van der Waals surface area contributed by atoms with Gasteiger partial charge in [-0.1, -0.05) is 128 Å². The zero-order valence-electron chi connectivity index (χ0n) is 20.8. The topological polar surface area (TPSA) is 61.4 Å². The van der Waals surface area contributed by atoms with Crippen molar-refractivity contribution in [2.24, 2.45) is 0 Å². The van der Waals surface area contributed by atoms with Crippen molar-refractivity contribution in [3.8, 4) is 5.75 Å². The summed E-state index contributed by atoms with van der Waals surface area (Å²) in [6.07, 6.45) is 24.7. The molecule has 0 aromatic heterocycles. The van der Waals surface area contributed by atoms with E-state index in [1.807, 2.05) is 12.1 Å². The Morgan fingerprint density at radius 2 is 1.03 bits per heavy atom. The normalized spacial score (nSPS) is 10.9. The summed E-state index contributed by atoms with van der Waals surface area (Å²) in [7, 11) is 0. The summed E-state index contributed by atoms with van der Waals surface area (Å²) in [5, 5.41) is 15.0. The molecule has 0 aliphatic carbocycles. The molecule has 1 rings (SSSR count). The van der Waals surface area contributed by atoms with E-state index >= 15 is 0 Å². The van der Waals surface area contributed by atoms with E-state index in [9.17, 15) is 9.90 Å². The second-order valence-corrected chi connectivity index (χ2v) is 9.29. The lowest BCUT2D eigenvalue weighted by Gasteiger charge is -2.08. The second-order valence-electron chi connectivity index (χ2n) is 9.29. The first-order valence-electron chi connectivity index (χ1n) is 13.5. The van der Waals surface area contributed by atoms with Gasteiger partial charge in [-0.2, -0.15) is 0 Å². The first-order valence-corrected chi connectivity index (χ1v) is 13.5. The van der Waals surface area contributed by atoms with Crippen molar-refractivity contribution in [1.29, 1.82) is 0 Å². The maximum absolute atomic E-state index is 11.8. The van der Waals surface area contributed by atoms with E-state index in [-0.39, 0.29) is 11.8 Å². The van der Waals surface area contributed by atoms with Crippen LogP contribution in [-0.4, -0.2) is 17.7 Å². The van der Waals surface area contributed by atoms with E-state index in [2.05, 4.69) is 17.6 Å². The van der Waals surface area contributed by atoms with Gasteiger partial charge < -0.3 is 15.7 Å². The molecule has 4 heteroatoms. The average Bonchev–Trinajstić information content (AvgIpc) is 2.80. The van der Waals surface area contributed by atoms with E-state index in [1.54, 1.807) is 12.1 Å². The van der Waals surface area contributed by atoms with Crippen LogP contribution in [0.3, 0.4) is 0 Å². The maximum atomic E-state index is 11.8. The number of unbranched alkanes of at least 4 members (excludes halogenated alkanes) is 17. The highest BCUT2D eigenvalue weighted by Crippen LogP contribution is 2.14. The number of carbonyl (C=O) groups is 1. The Bertz CT molecular complexity index is 545. The Hall–Kier alpha value is -1.71. The number of nitrogens with one attached hydrogen (secondary N) is 2. The van der Waals surface area contributed by atoms with Gasteiger partial charge in [0.1, 0.15) is 5.75 Å². The molecule has 2 amide bonds. The molecule has 0 saturated heterocycles. The van der Waals surface area contributed by atoms with Crippen LogP contribution in [0.25, 0.3) is 0 Å². The van der Waals surface area contributed by atoms with Crippen LogP contribution in [-0.2, 0) is 6.54 Å². The van der Waals surface area contributed by atoms with Gasteiger partial charge >= 0.3 is 6.03 Å². The van der Waals surface area contributed by atoms with E-state index < -0.39 is 0 Å². The average molecular weight is 447 g/mol. The molecular weight excluding hydrogens is 396 g/mol. The third-order valence-electron chi connectivity index (χ3n) is 6.21. The first kappa shape index (κ1) is 28.3. The summed E-state index contributed by atoms with van der Waals surface area (Å²) in [4.78, 5) is 11.8. The predicted octanol–water partition coefficient (Wildman–Crippen LogP) is 8.23. The molecule has 0 fully saturated rings. The largest absolute Gasteiger partial charge is 0.508 e. The SMILES string of the molecule is CCCCCCCCCCCCCCCCCCCCNC(=O)NCc1ccc(O)cc1. The second kappa shape index (κ2) is 21.2. The highest BCUT2D eigenvalue weighted by molar-refractivity contribution is 5.73. The van der Waals surface area contributed by atoms with E-state index in [4.69, 9.17) is 0 Å². The number of benzene rings is 1. The molecule has 0 radical (unpaired) electrons. The van der Waals surface area contributed by atoms with Gasteiger partial charge in [-0.05, 0) is 24.1 Å². The number of urea groups is 1. The molecule has 0 aliphatic heterocycles. The Morgan fingerprint density at radius 3 is 1.47 bits per heavy atom. The minimum absolute atomic E-state index is 0.120. The fraction of sp³-hybridized carbons (Fsp3) is 0.750. The lowest BCUT2D eigenvalue weighted by Crippen LogP contribution is -2.35. The quantitative estimate of drug-likeness (QED) is 0.166. The van der Waals surface area contributed by atoms with Crippen LogP contribution in [0.15, 0.2) is 24.3 Å². The molecule has 0 spiro atoms. The molecule has 32 heavy (non-hydrogen) atoms. The Labute approximate surface area is 198 Å². The first-order chi connectivity index (χ1) is 15.7. The van der Waals surface area contributed by atoms with E-state index in [0.29, 0.717) is 6.54 Å². The van der Waals surface area contributed by atoms with Gasteiger partial charge in [0.25, 0.3) is 0 Å². The molecule has 3 N–H and O–H groups in total. The summed E-state index contributed by atoms with van der Waals surface area (Å²) < 4.78 is 0. The monoisotopic (exact) mass is 446 g/mol. The van der Waals surface area contributed by atoms with Gasteiger partial charge in [-0.3, -0.25) is 0 Å². The van der Waals surface area contributed by atoms with Gasteiger partial charge in [-0.15, -0.1) is 0 Å². The zero-order chi connectivity index (χ0) is 23.1. The van der Waals surface area contributed by atoms with Crippen LogP contribution in [0, 0.1) is 0 Å². The molecule has 1 aromatic rings.